The number of nitrogens with one attached hydrogen (secondary N) is 1. The summed E-state index contributed by atoms with van der Waals surface area (Å²) in [4.78, 5) is 19.8. The Kier molecular flexibility index (Phi) is 6.39. The number of carbonyl (C=O) groups excluding carboxylic acids is 1. The van der Waals surface area contributed by atoms with Crippen LogP contribution in [0.5, 0.6) is 0 Å². The van der Waals surface area contributed by atoms with Gasteiger partial charge in [-0.15, -0.1) is 0 Å². The second-order valence-electron chi connectivity index (χ2n) is 4.99. The molecule has 1 heterocycles. The van der Waals surface area contributed by atoms with Crippen molar-refractivity contribution < 1.29 is 9.18 Å². The van der Waals surface area contributed by atoms with Gasteiger partial charge in [0, 0.05) is 11.2 Å². The zero-order chi connectivity index (χ0) is 18.4. The van der Waals surface area contributed by atoms with Crippen molar-refractivity contribution in [3.8, 4) is 6.07 Å². The molecular weight excluding hydrogens is 363 g/mol. The fraction of sp³-hybridized carbons (Fsp3) is 0.176. The number of urea groups is 1. The summed E-state index contributed by atoms with van der Waals surface area (Å²) >= 11 is 7.19. The van der Waals surface area contributed by atoms with E-state index in [1.807, 2.05) is 0 Å². The van der Waals surface area contributed by atoms with Gasteiger partial charge >= 0.3 is 6.03 Å². The highest BCUT2D eigenvalue weighted by molar-refractivity contribution is 7.22. The van der Waals surface area contributed by atoms with Gasteiger partial charge in [0.1, 0.15) is 11.9 Å². The van der Waals surface area contributed by atoms with Gasteiger partial charge in [0.2, 0.25) is 0 Å². The van der Waals surface area contributed by atoms with Crippen LogP contribution in [0.25, 0.3) is 10.2 Å². The van der Waals surface area contributed by atoms with Crippen LogP contribution in [0, 0.1) is 11.3 Å². The average Bonchev–Trinajstić information content (AvgIpc) is 2.98. The molecule has 2 aromatic rings. The van der Waals surface area contributed by atoms with E-state index >= 15 is 0 Å². The number of fused-ring (bicyclic) bond motifs is 1. The maximum Gasteiger partial charge on any atom is 0.347 e. The van der Waals surface area contributed by atoms with Gasteiger partial charge in [-0.05, 0) is 43.2 Å². The number of hydrogen-bond acceptors (Lipinski definition) is 4. The summed E-state index contributed by atoms with van der Waals surface area (Å²) in [6.07, 6.45) is 2.74. The van der Waals surface area contributed by atoms with E-state index in [0.717, 1.165) is 10.2 Å². The van der Waals surface area contributed by atoms with E-state index in [4.69, 9.17) is 16.9 Å². The Balaban J connectivity index is 2.08. The molecule has 0 bridgehead atoms. The van der Waals surface area contributed by atoms with Gasteiger partial charge < -0.3 is 0 Å². The number of allylic oxidation sites excluding steroid dienone is 4. The third-order valence-corrected chi connectivity index (χ3v) is 4.21. The van der Waals surface area contributed by atoms with Crippen LogP contribution < -0.4 is 5.32 Å². The van der Waals surface area contributed by atoms with E-state index in [2.05, 4.69) is 15.3 Å². The Hall–Kier alpha value is -2.56. The number of thiazole rings is 1. The minimum Gasteiger partial charge on any atom is -0.282 e. The molecule has 1 N–H and O–H groups in total. The van der Waals surface area contributed by atoms with Crippen molar-refractivity contribution in [2.75, 3.05) is 5.32 Å². The predicted molar refractivity (Wildman–Crippen MR) is 99.9 cm³/mol. The molecule has 0 aliphatic rings. The van der Waals surface area contributed by atoms with Crippen LogP contribution in [0.2, 0.25) is 5.02 Å². The molecule has 5 nitrogen and oxygen atoms in total. The monoisotopic (exact) mass is 376 g/mol. The van der Waals surface area contributed by atoms with Crippen molar-refractivity contribution in [1.82, 2.24) is 4.98 Å². The van der Waals surface area contributed by atoms with Crippen molar-refractivity contribution >= 4 is 50.5 Å². The Labute approximate surface area is 153 Å². The normalized spacial score (nSPS) is 13.0. The maximum atomic E-state index is 13.4. The highest BCUT2D eigenvalue weighted by atomic mass is 35.5. The van der Waals surface area contributed by atoms with E-state index in [0.29, 0.717) is 15.7 Å². The Morgan fingerprint density at radius 2 is 2.32 bits per heavy atom. The van der Waals surface area contributed by atoms with Crippen LogP contribution in [0.15, 0.2) is 46.2 Å². The zero-order valence-corrected chi connectivity index (χ0v) is 15.1. The van der Waals surface area contributed by atoms with Gasteiger partial charge in [0.25, 0.3) is 0 Å². The largest absolute Gasteiger partial charge is 0.347 e. The summed E-state index contributed by atoms with van der Waals surface area (Å²) in [5, 5.41) is 12.5. The lowest BCUT2D eigenvalue weighted by atomic mass is 10.1. The molecule has 0 atom stereocenters. The first-order valence-corrected chi connectivity index (χ1v) is 8.50. The fourth-order valence-electron chi connectivity index (χ4n) is 1.86. The number of benzene rings is 1. The lowest BCUT2D eigenvalue weighted by molar-refractivity contribution is 0.259. The van der Waals surface area contributed by atoms with Gasteiger partial charge in [0.05, 0.1) is 15.8 Å². The van der Waals surface area contributed by atoms with Crippen LogP contribution in [0.1, 0.15) is 20.3 Å². The van der Waals surface area contributed by atoms with E-state index in [9.17, 15) is 9.18 Å². The fourth-order valence-corrected chi connectivity index (χ4v) is 2.99. The smallest absolute Gasteiger partial charge is 0.282 e. The Morgan fingerprint density at radius 1 is 1.56 bits per heavy atom. The van der Waals surface area contributed by atoms with Gasteiger partial charge in [-0.1, -0.05) is 29.9 Å². The second-order valence-corrected chi connectivity index (χ2v) is 6.46. The SMILES string of the molecule is CC/C(F)=C(C#N)\C=C(/C)C=NC(=O)Nc1nc2ccc(Cl)cc2s1. The predicted octanol–water partition coefficient (Wildman–Crippen LogP) is 5.66. The van der Waals surface area contributed by atoms with Crippen LogP contribution in [-0.2, 0) is 0 Å². The highest BCUT2D eigenvalue weighted by Gasteiger charge is 2.07. The molecule has 1 aromatic carbocycles. The molecule has 0 saturated carbocycles. The summed E-state index contributed by atoms with van der Waals surface area (Å²) < 4.78 is 14.3. The first-order chi connectivity index (χ1) is 11.9. The van der Waals surface area contributed by atoms with E-state index in [-0.39, 0.29) is 12.0 Å². The number of carbonyl (C=O) groups is 1. The molecular formula is C17H14ClFN4OS. The number of aliphatic imine (C=N–C) groups is 1. The topological polar surface area (TPSA) is 78.1 Å². The minimum atomic E-state index is -0.614. The first kappa shape index (κ1) is 18.8. The van der Waals surface area contributed by atoms with Crippen LogP contribution in [0.3, 0.4) is 0 Å². The lowest BCUT2D eigenvalue weighted by Gasteiger charge is -1.96. The number of halogens is 2. The molecule has 1 aromatic heterocycles. The van der Waals surface area contributed by atoms with Crippen molar-refractivity contribution in [3.05, 3.63) is 46.3 Å². The summed E-state index contributed by atoms with van der Waals surface area (Å²) in [5.74, 6) is -0.507. The molecule has 0 radical (unpaired) electrons. The number of anilines is 1. The number of amides is 2. The number of aromatic nitrogens is 1. The number of rotatable bonds is 4. The number of nitrogens with zero attached hydrogens (tertiary/aromatic N) is 3. The molecule has 25 heavy (non-hydrogen) atoms. The van der Waals surface area contributed by atoms with E-state index < -0.39 is 11.9 Å². The highest BCUT2D eigenvalue weighted by Crippen LogP contribution is 2.28. The molecule has 0 saturated heterocycles. The summed E-state index contributed by atoms with van der Waals surface area (Å²) in [5.41, 5.74) is 1.13. The van der Waals surface area contributed by atoms with E-state index in [1.54, 1.807) is 38.1 Å². The molecule has 2 rings (SSSR count). The van der Waals surface area contributed by atoms with Crippen molar-refractivity contribution in [3.63, 3.8) is 0 Å². The summed E-state index contributed by atoms with van der Waals surface area (Å²) in [6.45, 7) is 3.24. The van der Waals surface area contributed by atoms with Crippen LogP contribution in [-0.4, -0.2) is 17.2 Å². The first-order valence-electron chi connectivity index (χ1n) is 7.31. The zero-order valence-electron chi connectivity index (χ0n) is 13.5. The van der Waals surface area contributed by atoms with Crippen LogP contribution in [0.4, 0.5) is 14.3 Å². The Morgan fingerprint density at radius 3 is 3.00 bits per heavy atom. The molecule has 0 fully saturated rings. The van der Waals surface area contributed by atoms with Gasteiger partial charge in [0.15, 0.2) is 5.13 Å². The molecule has 0 aliphatic carbocycles. The molecule has 0 spiro atoms. The van der Waals surface area contributed by atoms with Gasteiger partial charge in [-0.2, -0.15) is 5.26 Å². The Bertz CT molecular complexity index is 940. The summed E-state index contributed by atoms with van der Waals surface area (Å²) in [6, 6.07) is 6.41. The maximum absolute atomic E-state index is 13.4. The molecule has 0 aliphatic heterocycles. The molecule has 2 amide bonds. The standard InChI is InChI=1S/C17H14ClFN4OS/c1-3-13(19)11(8-20)6-10(2)9-21-16(24)23-17-22-14-5-4-12(18)7-15(14)25-17/h4-7,9H,3H2,1-2H3,(H,22,23,24)/b10-6+,13-11-,21-9?. The second kappa shape index (κ2) is 8.51. The van der Waals surface area contributed by atoms with Crippen molar-refractivity contribution in [1.29, 1.82) is 5.26 Å². The summed E-state index contributed by atoms with van der Waals surface area (Å²) in [7, 11) is 0. The van der Waals surface area contributed by atoms with Gasteiger partial charge in [-0.25, -0.2) is 19.2 Å². The average molecular weight is 377 g/mol. The molecule has 8 heteroatoms. The van der Waals surface area contributed by atoms with Crippen molar-refractivity contribution in [2.45, 2.75) is 20.3 Å². The van der Waals surface area contributed by atoms with Crippen LogP contribution >= 0.6 is 22.9 Å². The third-order valence-electron chi connectivity index (χ3n) is 3.04. The molecule has 0 unspecified atom stereocenters. The minimum absolute atomic E-state index is 0.0742. The number of hydrogen-bond donors (Lipinski definition) is 1. The lowest BCUT2D eigenvalue weighted by Crippen LogP contribution is -2.06. The third kappa shape index (κ3) is 5.21. The molecule has 128 valence electrons. The van der Waals surface area contributed by atoms with Crippen molar-refractivity contribution in [2.24, 2.45) is 4.99 Å². The van der Waals surface area contributed by atoms with Gasteiger partial charge in [-0.3, -0.25) is 5.32 Å². The quantitative estimate of drug-likeness (QED) is 0.425. The number of nitriles is 1. The van der Waals surface area contributed by atoms with E-state index in [1.165, 1.54) is 23.6 Å².